The number of benzene rings is 3. The van der Waals surface area contributed by atoms with E-state index in [2.05, 4.69) is 19.1 Å². The van der Waals surface area contributed by atoms with Crippen LogP contribution in [0.15, 0.2) is 78.9 Å². The minimum atomic E-state index is -0.162. The van der Waals surface area contributed by atoms with Gasteiger partial charge in [-0.15, -0.1) is 0 Å². The second-order valence-electron chi connectivity index (χ2n) is 5.60. The lowest BCUT2D eigenvalue weighted by Gasteiger charge is -2.14. The van der Waals surface area contributed by atoms with Gasteiger partial charge in [-0.25, -0.2) is 0 Å². The van der Waals surface area contributed by atoms with Crippen LogP contribution in [-0.2, 0) is 0 Å². The fourth-order valence-corrected chi connectivity index (χ4v) is 2.68. The van der Waals surface area contributed by atoms with Gasteiger partial charge in [-0.05, 0) is 23.3 Å². The van der Waals surface area contributed by atoms with Gasteiger partial charge >= 0.3 is 0 Å². The van der Waals surface area contributed by atoms with Gasteiger partial charge in [0.05, 0.1) is 5.56 Å². The Morgan fingerprint density at radius 2 is 1.43 bits per heavy atom. The zero-order valence-corrected chi connectivity index (χ0v) is 12.9. The van der Waals surface area contributed by atoms with Crippen LogP contribution in [0.4, 0.5) is 0 Å². The lowest BCUT2D eigenvalue weighted by Crippen LogP contribution is -2.04. The monoisotopic (exact) mass is 302 g/mol. The van der Waals surface area contributed by atoms with Gasteiger partial charge in [0.15, 0.2) is 5.78 Å². The van der Waals surface area contributed by atoms with Crippen molar-refractivity contribution < 1.29 is 9.90 Å². The van der Waals surface area contributed by atoms with Crippen molar-refractivity contribution in [2.75, 3.05) is 0 Å². The third-order valence-electron chi connectivity index (χ3n) is 4.10. The summed E-state index contributed by atoms with van der Waals surface area (Å²) < 4.78 is 0. The zero-order chi connectivity index (χ0) is 16.2. The number of rotatable bonds is 4. The lowest BCUT2D eigenvalue weighted by atomic mass is 9.90. The molecule has 0 fully saturated rings. The summed E-state index contributed by atoms with van der Waals surface area (Å²) in [5, 5.41) is 10.1. The van der Waals surface area contributed by atoms with Gasteiger partial charge in [-0.1, -0.05) is 73.7 Å². The fourth-order valence-electron chi connectivity index (χ4n) is 2.68. The average molecular weight is 302 g/mol. The second-order valence-corrected chi connectivity index (χ2v) is 5.60. The standard InChI is InChI=1S/C21H18O2/c1-15(16-8-4-2-5-9-16)18-12-13-20(22)19(14-18)21(23)17-10-6-3-7-11-17/h2-15,22H,1H3. The normalized spacial score (nSPS) is 11.9. The first-order valence-electron chi connectivity index (χ1n) is 7.64. The molecule has 0 saturated carbocycles. The molecule has 3 aromatic rings. The zero-order valence-electron chi connectivity index (χ0n) is 12.9. The Balaban J connectivity index is 1.98. The third kappa shape index (κ3) is 3.16. The molecule has 2 heteroatoms. The molecule has 1 N–H and O–H groups in total. The van der Waals surface area contributed by atoms with E-state index in [4.69, 9.17) is 0 Å². The van der Waals surface area contributed by atoms with Gasteiger partial charge < -0.3 is 5.11 Å². The van der Waals surface area contributed by atoms with E-state index >= 15 is 0 Å². The Hall–Kier alpha value is -2.87. The predicted octanol–water partition coefficient (Wildman–Crippen LogP) is 4.78. The molecular formula is C21H18O2. The molecule has 0 aromatic heterocycles. The van der Waals surface area contributed by atoms with E-state index in [1.54, 1.807) is 24.3 Å². The largest absolute Gasteiger partial charge is 0.507 e. The molecule has 114 valence electrons. The molecule has 3 rings (SSSR count). The molecule has 2 nitrogen and oxygen atoms in total. The summed E-state index contributed by atoms with van der Waals surface area (Å²) in [6.07, 6.45) is 0. The van der Waals surface area contributed by atoms with E-state index in [-0.39, 0.29) is 17.5 Å². The van der Waals surface area contributed by atoms with Crippen molar-refractivity contribution in [3.05, 3.63) is 101 Å². The highest BCUT2D eigenvalue weighted by molar-refractivity contribution is 6.10. The maximum Gasteiger partial charge on any atom is 0.196 e. The maximum atomic E-state index is 12.6. The van der Waals surface area contributed by atoms with Crippen molar-refractivity contribution in [1.82, 2.24) is 0 Å². The number of ketones is 1. The van der Waals surface area contributed by atoms with Gasteiger partial charge in [0.25, 0.3) is 0 Å². The van der Waals surface area contributed by atoms with Crippen LogP contribution in [0, 0.1) is 0 Å². The Bertz CT molecular complexity index is 808. The van der Waals surface area contributed by atoms with Gasteiger partial charge in [-0.2, -0.15) is 0 Å². The molecule has 1 atom stereocenters. The van der Waals surface area contributed by atoms with Gasteiger partial charge in [-0.3, -0.25) is 4.79 Å². The molecule has 3 aromatic carbocycles. The van der Waals surface area contributed by atoms with Crippen LogP contribution < -0.4 is 0 Å². The number of carbonyl (C=O) groups excluding carboxylic acids is 1. The summed E-state index contributed by atoms with van der Waals surface area (Å²) in [5.41, 5.74) is 3.10. The van der Waals surface area contributed by atoms with E-state index in [9.17, 15) is 9.90 Å². The summed E-state index contributed by atoms with van der Waals surface area (Å²) in [7, 11) is 0. The minimum Gasteiger partial charge on any atom is -0.507 e. The van der Waals surface area contributed by atoms with Crippen molar-refractivity contribution in [3.63, 3.8) is 0 Å². The highest BCUT2D eigenvalue weighted by Gasteiger charge is 2.16. The number of phenols is 1. The minimum absolute atomic E-state index is 0.0165. The Labute approximate surface area is 136 Å². The van der Waals surface area contributed by atoms with Crippen LogP contribution in [0.1, 0.15) is 39.9 Å². The van der Waals surface area contributed by atoms with Crippen molar-refractivity contribution >= 4 is 5.78 Å². The Kier molecular flexibility index (Phi) is 4.24. The number of aromatic hydroxyl groups is 1. The molecule has 0 spiro atoms. The maximum absolute atomic E-state index is 12.6. The first-order valence-corrected chi connectivity index (χ1v) is 7.64. The Morgan fingerprint density at radius 3 is 2.09 bits per heavy atom. The van der Waals surface area contributed by atoms with E-state index in [1.807, 2.05) is 42.5 Å². The van der Waals surface area contributed by atoms with Gasteiger partial charge in [0.2, 0.25) is 0 Å². The number of hydrogen-bond donors (Lipinski definition) is 1. The topological polar surface area (TPSA) is 37.3 Å². The van der Waals surface area contributed by atoms with Crippen LogP contribution in [0.25, 0.3) is 0 Å². The van der Waals surface area contributed by atoms with E-state index in [1.165, 1.54) is 5.56 Å². The first kappa shape index (κ1) is 15.0. The van der Waals surface area contributed by atoms with Crippen molar-refractivity contribution in [3.8, 4) is 5.75 Å². The van der Waals surface area contributed by atoms with Crippen LogP contribution in [0.2, 0.25) is 0 Å². The summed E-state index contributed by atoms with van der Waals surface area (Å²) in [6.45, 7) is 2.10. The molecule has 0 saturated heterocycles. The third-order valence-corrected chi connectivity index (χ3v) is 4.10. The van der Waals surface area contributed by atoms with Gasteiger partial charge in [0, 0.05) is 11.5 Å². The molecule has 0 aliphatic rings. The highest BCUT2D eigenvalue weighted by atomic mass is 16.3. The van der Waals surface area contributed by atoms with Crippen molar-refractivity contribution in [2.45, 2.75) is 12.8 Å². The van der Waals surface area contributed by atoms with E-state index in [0.717, 1.165) is 5.56 Å². The van der Waals surface area contributed by atoms with E-state index in [0.29, 0.717) is 11.1 Å². The molecule has 0 radical (unpaired) electrons. The number of carbonyl (C=O) groups is 1. The Morgan fingerprint density at radius 1 is 0.826 bits per heavy atom. The van der Waals surface area contributed by atoms with Crippen molar-refractivity contribution in [2.24, 2.45) is 0 Å². The molecular weight excluding hydrogens is 284 g/mol. The number of phenolic OH excluding ortho intramolecular Hbond substituents is 1. The summed E-state index contributed by atoms with van der Waals surface area (Å²) in [6, 6.07) is 24.4. The molecule has 0 aliphatic heterocycles. The van der Waals surface area contributed by atoms with Crippen LogP contribution in [-0.4, -0.2) is 10.9 Å². The van der Waals surface area contributed by atoms with Crippen LogP contribution in [0.3, 0.4) is 0 Å². The van der Waals surface area contributed by atoms with Gasteiger partial charge in [0.1, 0.15) is 5.75 Å². The molecule has 0 aliphatic carbocycles. The molecule has 23 heavy (non-hydrogen) atoms. The summed E-state index contributed by atoms with van der Waals surface area (Å²) in [4.78, 5) is 12.6. The lowest BCUT2D eigenvalue weighted by molar-refractivity contribution is 0.103. The predicted molar refractivity (Wildman–Crippen MR) is 91.9 cm³/mol. The van der Waals surface area contributed by atoms with E-state index < -0.39 is 0 Å². The number of hydrogen-bond acceptors (Lipinski definition) is 2. The quantitative estimate of drug-likeness (QED) is 0.704. The highest BCUT2D eigenvalue weighted by Crippen LogP contribution is 2.29. The smallest absolute Gasteiger partial charge is 0.196 e. The van der Waals surface area contributed by atoms with Crippen LogP contribution >= 0.6 is 0 Å². The van der Waals surface area contributed by atoms with Crippen LogP contribution in [0.5, 0.6) is 5.75 Å². The first-order chi connectivity index (χ1) is 11.2. The molecule has 0 amide bonds. The molecule has 1 unspecified atom stereocenters. The SMILES string of the molecule is CC(c1ccccc1)c1ccc(O)c(C(=O)c2ccccc2)c1. The average Bonchev–Trinajstić information content (AvgIpc) is 2.62. The summed E-state index contributed by atoms with van der Waals surface area (Å²) in [5.74, 6) is 0.00667. The second kappa shape index (κ2) is 6.49. The van der Waals surface area contributed by atoms with Crippen molar-refractivity contribution in [1.29, 1.82) is 0 Å². The fraction of sp³-hybridized carbons (Fsp3) is 0.0952. The molecule has 0 heterocycles. The summed E-state index contributed by atoms with van der Waals surface area (Å²) >= 11 is 0. The molecule has 0 bridgehead atoms.